The van der Waals surface area contributed by atoms with Crippen molar-refractivity contribution in [1.29, 1.82) is 0 Å². The summed E-state index contributed by atoms with van der Waals surface area (Å²) in [6, 6.07) is -1.07. The van der Waals surface area contributed by atoms with Crippen LogP contribution in [0.1, 0.15) is 6.42 Å². The molecule has 0 aliphatic carbocycles. The third-order valence-electron chi connectivity index (χ3n) is 1.36. The van der Waals surface area contributed by atoms with E-state index < -0.39 is 23.8 Å². The van der Waals surface area contributed by atoms with Crippen molar-refractivity contribution in [2.24, 2.45) is 11.5 Å². The minimum Gasteiger partial charge on any atom is -0.375 e. The molecule has 0 saturated heterocycles. The fourth-order valence-corrected chi connectivity index (χ4v) is 0.791. The summed E-state index contributed by atoms with van der Waals surface area (Å²) in [4.78, 5) is 32.2. The van der Waals surface area contributed by atoms with Gasteiger partial charge in [-0.2, -0.15) is 0 Å². The van der Waals surface area contributed by atoms with Gasteiger partial charge in [-0.15, -0.1) is 0 Å². The maximum absolute atomic E-state index is 10.9. The van der Waals surface area contributed by atoms with Crippen LogP contribution in [0.4, 0.5) is 0 Å². The molecule has 1 atom stereocenters. The summed E-state index contributed by atoms with van der Waals surface area (Å²) in [6.45, 7) is -0.206. The average Bonchev–Trinajstić information content (AvgIpc) is 2.02. The summed E-state index contributed by atoms with van der Waals surface area (Å²) in [5.41, 5.74) is 9.78. The molecule has 0 aromatic heterocycles. The van der Waals surface area contributed by atoms with Crippen molar-refractivity contribution in [3.05, 3.63) is 0 Å². The first-order chi connectivity index (χ1) is 6.47. The lowest BCUT2D eigenvalue weighted by Gasteiger charge is -2.12. The van der Waals surface area contributed by atoms with Crippen LogP contribution in [0.5, 0.6) is 0 Å². The number of rotatable bonds is 6. The van der Waals surface area contributed by atoms with Crippen molar-refractivity contribution >= 4 is 17.7 Å². The van der Waals surface area contributed by atoms with Gasteiger partial charge in [-0.25, -0.2) is 0 Å². The smallest absolute Gasteiger partial charge is 0.246 e. The van der Waals surface area contributed by atoms with E-state index in [-0.39, 0.29) is 13.0 Å². The van der Waals surface area contributed by atoms with Crippen LogP contribution in [0.2, 0.25) is 0 Å². The van der Waals surface area contributed by atoms with E-state index in [4.69, 9.17) is 11.5 Å². The van der Waals surface area contributed by atoms with Gasteiger partial charge in [0.05, 0.1) is 6.42 Å². The number of primary amides is 2. The first kappa shape index (κ1) is 12.4. The van der Waals surface area contributed by atoms with Gasteiger partial charge in [-0.3, -0.25) is 14.4 Å². The lowest BCUT2D eigenvalue weighted by Crippen LogP contribution is -2.47. The fraction of sp³-hybridized carbons (Fsp3) is 0.571. The molecule has 80 valence electrons. The third kappa shape index (κ3) is 5.09. The summed E-state index contributed by atoms with van der Waals surface area (Å²) >= 11 is 0. The largest absolute Gasteiger partial charge is 0.375 e. The van der Waals surface area contributed by atoms with Gasteiger partial charge in [0.2, 0.25) is 17.7 Å². The Morgan fingerprint density at radius 2 is 1.93 bits per heavy atom. The molecular formula is C7H13N3O4. The molecule has 0 aliphatic heterocycles. The second-order valence-corrected chi connectivity index (χ2v) is 2.63. The molecule has 14 heavy (non-hydrogen) atoms. The molecule has 0 rings (SSSR count). The lowest BCUT2D eigenvalue weighted by atomic mass is 10.2. The minimum absolute atomic E-state index is 0.206. The Kier molecular flexibility index (Phi) is 5.23. The maximum atomic E-state index is 10.9. The van der Waals surface area contributed by atoms with Crippen LogP contribution in [0, 0.1) is 0 Å². The Bertz CT molecular complexity index is 241. The molecule has 7 nitrogen and oxygen atoms in total. The highest BCUT2D eigenvalue weighted by Crippen LogP contribution is 1.90. The third-order valence-corrected chi connectivity index (χ3v) is 1.36. The Labute approximate surface area is 80.8 Å². The molecule has 0 spiro atoms. The summed E-state index contributed by atoms with van der Waals surface area (Å²) in [5, 5.41) is 2.21. The predicted molar refractivity (Wildman–Crippen MR) is 46.8 cm³/mol. The van der Waals surface area contributed by atoms with E-state index >= 15 is 0 Å². The van der Waals surface area contributed by atoms with Crippen molar-refractivity contribution < 1.29 is 19.1 Å². The van der Waals surface area contributed by atoms with Crippen LogP contribution in [-0.4, -0.2) is 37.5 Å². The number of nitrogens with one attached hydrogen (secondary N) is 1. The van der Waals surface area contributed by atoms with Gasteiger partial charge in [0.1, 0.15) is 12.6 Å². The first-order valence-corrected chi connectivity index (χ1v) is 3.83. The number of carbonyl (C=O) groups is 3. The second-order valence-electron chi connectivity index (χ2n) is 2.63. The van der Waals surface area contributed by atoms with Crippen LogP contribution in [0.25, 0.3) is 0 Å². The van der Waals surface area contributed by atoms with Gasteiger partial charge in [0, 0.05) is 7.11 Å². The summed E-state index contributed by atoms with van der Waals surface area (Å²) in [5.74, 6) is -2.06. The van der Waals surface area contributed by atoms with Gasteiger partial charge in [-0.1, -0.05) is 0 Å². The van der Waals surface area contributed by atoms with Gasteiger partial charge in [0.15, 0.2) is 0 Å². The molecule has 0 bridgehead atoms. The predicted octanol–water partition coefficient (Wildman–Crippen LogP) is -2.52. The topological polar surface area (TPSA) is 125 Å². The molecule has 3 amide bonds. The molecule has 0 aliphatic rings. The van der Waals surface area contributed by atoms with Crippen LogP contribution in [-0.2, 0) is 19.1 Å². The number of carbonyl (C=O) groups excluding carboxylic acids is 3. The van der Waals surface area contributed by atoms with Crippen molar-refractivity contribution in [1.82, 2.24) is 5.32 Å². The first-order valence-electron chi connectivity index (χ1n) is 3.83. The van der Waals surface area contributed by atoms with E-state index in [1.54, 1.807) is 0 Å². The number of hydrogen-bond donors (Lipinski definition) is 3. The summed E-state index contributed by atoms with van der Waals surface area (Å²) < 4.78 is 4.51. The molecule has 0 aromatic rings. The van der Waals surface area contributed by atoms with E-state index in [9.17, 15) is 14.4 Å². The van der Waals surface area contributed by atoms with Crippen molar-refractivity contribution in [2.75, 3.05) is 13.7 Å². The highest BCUT2D eigenvalue weighted by atomic mass is 16.5. The van der Waals surface area contributed by atoms with Crippen LogP contribution >= 0.6 is 0 Å². The molecule has 0 radical (unpaired) electrons. The van der Waals surface area contributed by atoms with E-state index in [1.165, 1.54) is 7.11 Å². The minimum atomic E-state index is -1.07. The Balaban J connectivity index is 4.16. The summed E-state index contributed by atoms with van der Waals surface area (Å²) in [7, 11) is 1.33. The molecule has 5 N–H and O–H groups in total. The van der Waals surface area contributed by atoms with E-state index in [0.717, 1.165) is 0 Å². The van der Waals surface area contributed by atoms with Crippen LogP contribution in [0.15, 0.2) is 0 Å². The molecule has 0 fully saturated rings. The molecular weight excluding hydrogens is 190 g/mol. The molecule has 1 unspecified atom stereocenters. The zero-order chi connectivity index (χ0) is 11.1. The molecule has 7 heteroatoms. The van der Waals surface area contributed by atoms with Gasteiger partial charge in [0.25, 0.3) is 0 Å². The highest BCUT2D eigenvalue weighted by Gasteiger charge is 2.19. The van der Waals surface area contributed by atoms with Gasteiger partial charge >= 0.3 is 0 Å². The fourth-order valence-electron chi connectivity index (χ4n) is 0.791. The Morgan fingerprint density at radius 3 is 2.29 bits per heavy atom. The molecule has 0 aromatic carbocycles. The quantitative estimate of drug-likeness (QED) is 0.440. The van der Waals surface area contributed by atoms with Crippen LogP contribution in [0.3, 0.4) is 0 Å². The Morgan fingerprint density at radius 1 is 1.36 bits per heavy atom. The second kappa shape index (κ2) is 5.92. The zero-order valence-electron chi connectivity index (χ0n) is 7.78. The normalized spacial score (nSPS) is 11.8. The van der Waals surface area contributed by atoms with Gasteiger partial charge in [-0.05, 0) is 0 Å². The lowest BCUT2D eigenvalue weighted by molar-refractivity contribution is -0.131. The number of nitrogens with two attached hydrogens (primary N) is 2. The van der Waals surface area contributed by atoms with Crippen LogP contribution < -0.4 is 16.8 Å². The van der Waals surface area contributed by atoms with Gasteiger partial charge < -0.3 is 21.5 Å². The van der Waals surface area contributed by atoms with Crippen molar-refractivity contribution in [2.45, 2.75) is 12.5 Å². The van der Waals surface area contributed by atoms with E-state index in [0.29, 0.717) is 0 Å². The van der Waals surface area contributed by atoms with E-state index in [2.05, 4.69) is 10.1 Å². The maximum Gasteiger partial charge on any atom is 0.246 e. The van der Waals surface area contributed by atoms with Crippen molar-refractivity contribution in [3.8, 4) is 0 Å². The monoisotopic (exact) mass is 203 g/mol. The SMILES string of the molecule is COCC(=O)NC(CC(N)=O)C(N)=O. The van der Waals surface area contributed by atoms with E-state index in [1.807, 2.05) is 0 Å². The number of amides is 3. The summed E-state index contributed by atoms with van der Waals surface area (Å²) in [6.07, 6.45) is -0.315. The Hall–Kier alpha value is -1.63. The number of hydrogen-bond acceptors (Lipinski definition) is 4. The average molecular weight is 203 g/mol. The standard InChI is InChI=1S/C7H13N3O4/c1-14-3-6(12)10-4(7(9)13)2-5(8)11/h4H,2-3H2,1H3,(H2,8,11)(H2,9,13)(H,10,12). The number of methoxy groups -OCH3 is 1. The zero-order valence-corrected chi connectivity index (χ0v) is 7.78. The highest BCUT2D eigenvalue weighted by molar-refractivity contribution is 5.90. The molecule has 0 heterocycles. The van der Waals surface area contributed by atoms with Crippen molar-refractivity contribution in [3.63, 3.8) is 0 Å². The number of ether oxygens (including phenoxy) is 1. The molecule has 0 saturated carbocycles.